The van der Waals surface area contributed by atoms with Crippen molar-refractivity contribution in [1.29, 1.82) is 0 Å². The minimum atomic E-state index is -0.0339. The van der Waals surface area contributed by atoms with Crippen LogP contribution in [0.1, 0.15) is 35.7 Å². The second kappa shape index (κ2) is 5.29. The molecule has 0 aliphatic heterocycles. The molecule has 0 bridgehead atoms. The van der Waals surface area contributed by atoms with Gasteiger partial charge in [-0.25, -0.2) is 4.98 Å². The second-order valence-corrected chi connectivity index (χ2v) is 5.54. The molecule has 4 nitrogen and oxygen atoms in total. The molecule has 1 aliphatic rings. The zero-order chi connectivity index (χ0) is 14.1. The number of H-pyrrole nitrogens is 1. The summed E-state index contributed by atoms with van der Waals surface area (Å²) < 4.78 is 0. The molecule has 1 atom stereocenters. The van der Waals surface area contributed by atoms with Gasteiger partial charge < -0.3 is 10.3 Å². The Morgan fingerprint density at radius 3 is 3.10 bits per heavy atom. The maximum absolute atomic E-state index is 11.4. The number of rotatable bonds is 2. The smallest absolute Gasteiger partial charge is 0.248 e. The summed E-state index contributed by atoms with van der Waals surface area (Å²) >= 11 is 5.94. The first-order valence-electron chi connectivity index (χ1n) is 6.74. The lowest BCUT2D eigenvalue weighted by Crippen LogP contribution is -2.21. The quantitative estimate of drug-likeness (QED) is 0.835. The van der Waals surface area contributed by atoms with Crippen molar-refractivity contribution >= 4 is 17.3 Å². The number of aryl methyl sites for hydroxylation is 2. The summed E-state index contributed by atoms with van der Waals surface area (Å²) in [5.41, 5.74) is 4.09. The van der Waals surface area contributed by atoms with Crippen molar-refractivity contribution in [3.63, 3.8) is 0 Å². The topological polar surface area (TPSA) is 57.8 Å². The molecule has 2 aromatic rings. The third-order valence-corrected chi connectivity index (χ3v) is 4.08. The Kier molecular flexibility index (Phi) is 3.49. The van der Waals surface area contributed by atoms with Crippen LogP contribution in [0.15, 0.2) is 29.2 Å². The van der Waals surface area contributed by atoms with Gasteiger partial charge >= 0.3 is 0 Å². The van der Waals surface area contributed by atoms with Gasteiger partial charge in [-0.2, -0.15) is 0 Å². The van der Waals surface area contributed by atoms with Crippen LogP contribution >= 0.6 is 11.6 Å². The maximum Gasteiger partial charge on any atom is 0.248 e. The molecule has 104 valence electrons. The maximum atomic E-state index is 11.4. The molecule has 0 aromatic carbocycles. The van der Waals surface area contributed by atoms with Crippen LogP contribution in [-0.4, -0.2) is 9.97 Å². The minimum Gasteiger partial charge on any atom is -0.377 e. The van der Waals surface area contributed by atoms with Gasteiger partial charge in [-0.3, -0.25) is 4.79 Å². The number of aromatic nitrogens is 2. The molecule has 2 heterocycles. The Morgan fingerprint density at radius 1 is 1.45 bits per heavy atom. The van der Waals surface area contributed by atoms with Crippen molar-refractivity contribution in [3.8, 4) is 0 Å². The summed E-state index contributed by atoms with van der Waals surface area (Å²) in [6.45, 7) is 1.94. The van der Waals surface area contributed by atoms with Crippen LogP contribution in [0, 0.1) is 6.92 Å². The normalized spacial score (nSPS) is 17.6. The lowest BCUT2D eigenvalue weighted by molar-refractivity contribution is 0.586. The third kappa shape index (κ3) is 2.56. The van der Waals surface area contributed by atoms with E-state index in [1.807, 2.05) is 19.1 Å². The fourth-order valence-electron chi connectivity index (χ4n) is 2.69. The van der Waals surface area contributed by atoms with Gasteiger partial charge in [0, 0.05) is 11.8 Å². The summed E-state index contributed by atoms with van der Waals surface area (Å²) in [5, 5.41) is 4.01. The molecule has 20 heavy (non-hydrogen) atoms. The highest BCUT2D eigenvalue weighted by molar-refractivity contribution is 6.30. The van der Waals surface area contributed by atoms with Crippen molar-refractivity contribution in [2.75, 3.05) is 5.32 Å². The predicted octanol–water partition coefficient (Wildman–Crippen LogP) is 3.22. The average Bonchev–Trinajstić information content (AvgIpc) is 2.43. The van der Waals surface area contributed by atoms with Crippen LogP contribution in [-0.2, 0) is 6.42 Å². The van der Waals surface area contributed by atoms with E-state index in [2.05, 4.69) is 15.3 Å². The second-order valence-electron chi connectivity index (χ2n) is 5.18. The van der Waals surface area contributed by atoms with Gasteiger partial charge in [-0.1, -0.05) is 11.6 Å². The number of hydrogen-bond donors (Lipinski definition) is 2. The van der Waals surface area contributed by atoms with Gasteiger partial charge in [0.05, 0.1) is 17.9 Å². The van der Waals surface area contributed by atoms with Crippen LogP contribution in [0.5, 0.6) is 0 Å². The Hall–Kier alpha value is -1.81. The highest BCUT2D eigenvalue weighted by Gasteiger charge is 2.20. The van der Waals surface area contributed by atoms with E-state index in [1.54, 1.807) is 12.3 Å². The molecule has 1 aliphatic carbocycles. The summed E-state index contributed by atoms with van der Waals surface area (Å²) in [4.78, 5) is 18.5. The first-order chi connectivity index (χ1) is 9.63. The van der Waals surface area contributed by atoms with Gasteiger partial charge in [0.15, 0.2) is 0 Å². The SMILES string of the molecule is Cc1cc(NC2CCCc3[nH]c(=O)ccc32)cnc1Cl. The van der Waals surface area contributed by atoms with Crippen LogP contribution in [0.2, 0.25) is 5.15 Å². The third-order valence-electron chi connectivity index (χ3n) is 3.69. The highest BCUT2D eigenvalue weighted by Crippen LogP contribution is 2.31. The minimum absolute atomic E-state index is 0.0339. The number of fused-ring (bicyclic) bond motifs is 1. The zero-order valence-corrected chi connectivity index (χ0v) is 12.0. The van der Waals surface area contributed by atoms with E-state index in [-0.39, 0.29) is 11.6 Å². The van der Waals surface area contributed by atoms with Crippen molar-refractivity contribution in [3.05, 3.63) is 56.7 Å². The van der Waals surface area contributed by atoms with Crippen LogP contribution in [0.3, 0.4) is 0 Å². The number of nitrogens with zero attached hydrogens (tertiary/aromatic N) is 1. The lowest BCUT2D eigenvalue weighted by Gasteiger charge is -2.26. The number of aromatic amines is 1. The van der Waals surface area contributed by atoms with Crippen LogP contribution in [0.25, 0.3) is 0 Å². The van der Waals surface area contributed by atoms with E-state index in [9.17, 15) is 4.79 Å². The molecule has 0 spiro atoms. The van der Waals surface area contributed by atoms with Crippen molar-refractivity contribution < 1.29 is 0 Å². The van der Waals surface area contributed by atoms with E-state index in [0.717, 1.165) is 36.2 Å². The molecule has 3 rings (SSSR count). The number of anilines is 1. The van der Waals surface area contributed by atoms with Gasteiger partial charge in [0.25, 0.3) is 0 Å². The van der Waals surface area contributed by atoms with E-state index in [0.29, 0.717) is 5.15 Å². The molecule has 0 radical (unpaired) electrons. The van der Waals surface area contributed by atoms with Crippen molar-refractivity contribution in [1.82, 2.24) is 9.97 Å². The molecule has 2 aromatic heterocycles. The summed E-state index contributed by atoms with van der Waals surface area (Å²) in [5.74, 6) is 0. The first-order valence-corrected chi connectivity index (χ1v) is 7.12. The molecular weight excluding hydrogens is 274 g/mol. The molecule has 0 amide bonds. The molecule has 0 saturated heterocycles. The van der Waals surface area contributed by atoms with Crippen LogP contribution in [0.4, 0.5) is 5.69 Å². The Labute approximate surface area is 122 Å². The largest absolute Gasteiger partial charge is 0.377 e. The first kappa shape index (κ1) is 13.2. The van der Waals surface area contributed by atoms with Gasteiger partial charge in [-0.15, -0.1) is 0 Å². The molecule has 1 unspecified atom stereocenters. The monoisotopic (exact) mass is 289 g/mol. The number of hydrogen-bond acceptors (Lipinski definition) is 3. The highest BCUT2D eigenvalue weighted by atomic mass is 35.5. The Bertz CT molecular complexity index is 696. The van der Waals surface area contributed by atoms with Crippen LogP contribution < -0.4 is 10.9 Å². The van der Waals surface area contributed by atoms with Gasteiger partial charge in [0.1, 0.15) is 5.15 Å². The summed E-state index contributed by atoms with van der Waals surface area (Å²) in [7, 11) is 0. The standard InChI is InChI=1S/C15H16ClN3O/c1-9-7-10(8-17-15(9)16)18-12-3-2-4-13-11(12)5-6-14(20)19-13/h5-8,12,18H,2-4H2,1H3,(H,19,20). The van der Waals surface area contributed by atoms with E-state index >= 15 is 0 Å². The van der Waals surface area contributed by atoms with Gasteiger partial charge in [-0.05, 0) is 49.4 Å². The molecular formula is C15H16ClN3O. The van der Waals surface area contributed by atoms with Gasteiger partial charge in [0.2, 0.25) is 5.56 Å². The number of pyridine rings is 2. The number of nitrogens with one attached hydrogen (secondary N) is 2. The molecule has 0 fully saturated rings. The van der Waals surface area contributed by atoms with Crippen molar-refractivity contribution in [2.45, 2.75) is 32.2 Å². The van der Waals surface area contributed by atoms with E-state index in [1.165, 1.54) is 5.56 Å². The van der Waals surface area contributed by atoms with E-state index in [4.69, 9.17) is 11.6 Å². The molecule has 2 N–H and O–H groups in total. The lowest BCUT2D eigenvalue weighted by atomic mass is 9.91. The summed E-state index contributed by atoms with van der Waals surface area (Å²) in [6.07, 6.45) is 4.78. The Morgan fingerprint density at radius 2 is 2.30 bits per heavy atom. The molecule has 5 heteroatoms. The average molecular weight is 290 g/mol. The Balaban J connectivity index is 1.89. The summed E-state index contributed by atoms with van der Waals surface area (Å²) in [6, 6.07) is 5.71. The molecule has 0 saturated carbocycles. The van der Waals surface area contributed by atoms with E-state index < -0.39 is 0 Å². The number of halogens is 1. The van der Waals surface area contributed by atoms with Crippen molar-refractivity contribution in [2.24, 2.45) is 0 Å². The fraction of sp³-hybridized carbons (Fsp3) is 0.333. The predicted molar refractivity (Wildman–Crippen MR) is 80.3 cm³/mol. The zero-order valence-electron chi connectivity index (χ0n) is 11.2. The fourth-order valence-corrected chi connectivity index (χ4v) is 2.79.